The number of benzene rings is 3. The van der Waals surface area contributed by atoms with Gasteiger partial charge in [0.15, 0.2) is 5.82 Å². The number of hydrogen-bond donors (Lipinski definition) is 3. The molecule has 4 N–H and O–H groups in total. The molecule has 8 heteroatoms. The molecular formula is C33H38N6O2. The molecule has 0 aliphatic heterocycles. The summed E-state index contributed by atoms with van der Waals surface area (Å²) in [5, 5.41) is 13.7. The fourth-order valence-corrected chi connectivity index (χ4v) is 5.04. The van der Waals surface area contributed by atoms with Gasteiger partial charge in [0.25, 0.3) is 0 Å². The van der Waals surface area contributed by atoms with Gasteiger partial charge in [-0.05, 0) is 61.6 Å². The molecule has 0 aliphatic carbocycles. The third kappa shape index (κ3) is 6.84. The summed E-state index contributed by atoms with van der Waals surface area (Å²) in [5.74, 6) is 2.21. The Morgan fingerprint density at radius 1 is 0.951 bits per heavy atom. The fraction of sp³-hybridized carbons (Fsp3) is 0.303. The van der Waals surface area contributed by atoms with Crippen molar-refractivity contribution in [1.82, 2.24) is 25.1 Å². The standard InChI is InChI=1S/C33H38N6O2/c1-33(2,34)32(40)36-29(21-25-22-35-28-12-8-7-11-27(25)28)31-38-37-30(18-15-23-9-5-4-6-10-23)39(31)20-19-24-13-16-26(41-3)17-14-24/h4-14,16-17,22,29,35H,15,18-21,34H2,1-3H3,(H,36,40)/t29-/m1/s1. The summed E-state index contributed by atoms with van der Waals surface area (Å²) < 4.78 is 7.51. The van der Waals surface area contributed by atoms with Crippen LogP contribution in [0.25, 0.3) is 10.9 Å². The summed E-state index contributed by atoms with van der Waals surface area (Å²) in [6.45, 7) is 4.10. The van der Waals surface area contributed by atoms with Gasteiger partial charge in [-0.1, -0.05) is 60.7 Å². The number of aromatic nitrogens is 4. The third-order valence-corrected chi connectivity index (χ3v) is 7.42. The summed E-state index contributed by atoms with van der Waals surface area (Å²) in [6, 6.07) is 26.2. The molecule has 0 aliphatic rings. The maximum atomic E-state index is 13.2. The van der Waals surface area contributed by atoms with Crippen LogP contribution >= 0.6 is 0 Å². The molecule has 0 radical (unpaired) electrons. The van der Waals surface area contributed by atoms with Crippen molar-refractivity contribution < 1.29 is 9.53 Å². The zero-order chi connectivity index (χ0) is 28.8. The maximum Gasteiger partial charge on any atom is 0.240 e. The number of nitrogens with zero attached hydrogens (tertiary/aromatic N) is 3. The van der Waals surface area contributed by atoms with Crippen LogP contribution in [0.15, 0.2) is 85.1 Å². The van der Waals surface area contributed by atoms with Crippen molar-refractivity contribution in [1.29, 1.82) is 0 Å². The van der Waals surface area contributed by atoms with Gasteiger partial charge in [-0.25, -0.2) is 0 Å². The number of H-pyrrole nitrogens is 1. The SMILES string of the molecule is COc1ccc(CCn2c(CCc3ccccc3)nnc2[C@@H](Cc2c[nH]c3ccccc23)NC(=O)C(C)(C)N)cc1. The van der Waals surface area contributed by atoms with Crippen molar-refractivity contribution in [2.75, 3.05) is 7.11 Å². The first-order valence-corrected chi connectivity index (χ1v) is 14.1. The lowest BCUT2D eigenvalue weighted by Crippen LogP contribution is -2.50. The number of aromatic amines is 1. The van der Waals surface area contributed by atoms with Crippen molar-refractivity contribution >= 4 is 16.8 Å². The number of carbonyl (C=O) groups is 1. The second-order valence-electron chi connectivity index (χ2n) is 11.0. The van der Waals surface area contributed by atoms with E-state index in [1.54, 1.807) is 21.0 Å². The van der Waals surface area contributed by atoms with E-state index in [2.05, 4.69) is 68.5 Å². The second-order valence-corrected chi connectivity index (χ2v) is 11.0. The van der Waals surface area contributed by atoms with Gasteiger partial charge in [0, 0.05) is 36.5 Å². The molecule has 2 heterocycles. The average Bonchev–Trinajstić information content (AvgIpc) is 3.58. The highest BCUT2D eigenvalue weighted by Crippen LogP contribution is 2.26. The smallest absolute Gasteiger partial charge is 0.240 e. The lowest BCUT2D eigenvalue weighted by Gasteiger charge is -2.25. The van der Waals surface area contributed by atoms with Gasteiger partial charge in [-0.3, -0.25) is 4.79 Å². The van der Waals surface area contributed by atoms with E-state index in [4.69, 9.17) is 15.6 Å². The van der Waals surface area contributed by atoms with Crippen LogP contribution in [-0.2, 0) is 37.0 Å². The lowest BCUT2D eigenvalue weighted by atomic mass is 10.0. The summed E-state index contributed by atoms with van der Waals surface area (Å²) in [4.78, 5) is 16.5. The van der Waals surface area contributed by atoms with Crippen LogP contribution in [0.2, 0.25) is 0 Å². The molecule has 212 valence electrons. The van der Waals surface area contributed by atoms with Crippen LogP contribution < -0.4 is 15.8 Å². The lowest BCUT2D eigenvalue weighted by molar-refractivity contribution is -0.126. The molecule has 1 atom stereocenters. The normalized spacial score (nSPS) is 12.4. The van der Waals surface area contributed by atoms with E-state index in [1.165, 1.54) is 11.1 Å². The highest BCUT2D eigenvalue weighted by molar-refractivity contribution is 5.86. The number of rotatable bonds is 12. The van der Waals surface area contributed by atoms with Crippen LogP contribution in [0.4, 0.5) is 0 Å². The molecule has 0 spiro atoms. The Kier molecular flexibility index (Phi) is 8.50. The number of hydrogen-bond acceptors (Lipinski definition) is 5. The van der Waals surface area contributed by atoms with Crippen LogP contribution in [0.1, 0.15) is 48.2 Å². The van der Waals surface area contributed by atoms with E-state index in [-0.39, 0.29) is 5.91 Å². The minimum atomic E-state index is -1.04. The van der Waals surface area contributed by atoms with Crippen LogP contribution in [0, 0.1) is 0 Å². The molecule has 2 aromatic heterocycles. The van der Waals surface area contributed by atoms with E-state index >= 15 is 0 Å². The first kappa shape index (κ1) is 28.1. The molecule has 5 aromatic rings. The Morgan fingerprint density at radius 3 is 2.39 bits per heavy atom. The molecule has 0 bridgehead atoms. The van der Waals surface area contributed by atoms with Gasteiger partial charge in [-0.2, -0.15) is 0 Å². The minimum Gasteiger partial charge on any atom is -0.497 e. The maximum absolute atomic E-state index is 13.2. The largest absolute Gasteiger partial charge is 0.497 e. The number of aryl methyl sites for hydroxylation is 3. The molecule has 1 amide bonds. The van der Waals surface area contributed by atoms with E-state index in [1.807, 2.05) is 36.5 Å². The second kappa shape index (κ2) is 12.4. The number of para-hydroxylation sites is 1. The Balaban J connectivity index is 1.49. The van der Waals surface area contributed by atoms with E-state index in [9.17, 15) is 4.79 Å². The van der Waals surface area contributed by atoms with Crippen LogP contribution in [0.5, 0.6) is 5.75 Å². The third-order valence-electron chi connectivity index (χ3n) is 7.42. The first-order valence-electron chi connectivity index (χ1n) is 14.1. The van der Waals surface area contributed by atoms with Crippen molar-refractivity contribution in [2.45, 2.75) is 57.7 Å². The number of amides is 1. The van der Waals surface area contributed by atoms with E-state index in [0.29, 0.717) is 13.0 Å². The number of nitrogens with two attached hydrogens (primary N) is 1. The predicted molar refractivity (Wildman–Crippen MR) is 162 cm³/mol. The molecule has 3 aromatic carbocycles. The van der Waals surface area contributed by atoms with Crippen molar-refractivity contribution in [3.8, 4) is 5.75 Å². The summed E-state index contributed by atoms with van der Waals surface area (Å²) in [5.41, 5.74) is 9.74. The summed E-state index contributed by atoms with van der Waals surface area (Å²) in [6.07, 6.45) is 4.91. The number of carbonyl (C=O) groups excluding carboxylic acids is 1. The monoisotopic (exact) mass is 550 g/mol. The number of fused-ring (bicyclic) bond motifs is 1. The quantitative estimate of drug-likeness (QED) is 0.204. The minimum absolute atomic E-state index is 0.238. The van der Waals surface area contributed by atoms with E-state index in [0.717, 1.165) is 53.1 Å². The van der Waals surface area contributed by atoms with Gasteiger partial charge in [0.05, 0.1) is 18.7 Å². The van der Waals surface area contributed by atoms with Crippen LogP contribution in [-0.4, -0.2) is 38.3 Å². The summed E-state index contributed by atoms with van der Waals surface area (Å²) in [7, 11) is 1.67. The van der Waals surface area contributed by atoms with Crippen molar-refractivity contribution in [3.05, 3.63) is 113 Å². The Bertz CT molecular complexity index is 1580. The molecule has 0 saturated heterocycles. The zero-order valence-corrected chi connectivity index (χ0v) is 23.9. The van der Waals surface area contributed by atoms with Crippen molar-refractivity contribution in [2.24, 2.45) is 5.73 Å². The molecule has 0 unspecified atom stereocenters. The predicted octanol–water partition coefficient (Wildman–Crippen LogP) is 4.93. The molecule has 0 fully saturated rings. The first-order chi connectivity index (χ1) is 19.8. The highest BCUT2D eigenvalue weighted by atomic mass is 16.5. The number of ether oxygens (including phenoxy) is 1. The van der Waals surface area contributed by atoms with Gasteiger partial charge in [0.2, 0.25) is 5.91 Å². The Morgan fingerprint density at radius 2 is 1.66 bits per heavy atom. The topological polar surface area (TPSA) is 111 Å². The number of methoxy groups -OCH3 is 1. The zero-order valence-electron chi connectivity index (χ0n) is 23.9. The van der Waals surface area contributed by atoms with Gasteiger partial charge < -0.3 is 25.3 Å². The van der Waals surface area contributed by atoms with Crippen molar-refractivity contribution in [3.63, 3.8) is 0 Å². The highest BCUT2D eigenvalue weighted by Gasteiger charge is 2.29. The molecule has 5 rings (SSSR count). The number of nitrogens with one attached hydrogen (secondary N) is 2. The van der Waals surface area contributed by atoms with Gasteiger partial charge in [-0.15, -0.1) is 10.2 Å². The van der Waals surface area contributed by atoms with Gasteiger partial charge in [0.1, 0.15) is 11.6 Å². The Hall–Kier alpha value is -4.43. The Labute approximate surface area is 240 Å². The molecule has 0 saturated carbocycles. The summed E-state index contributed by atoms with van der Waals surface area (Å²) >= 11 is 0. The molecular weight excluding hydrogens is 512 g/mol. The van der Waals surface area contributed by atoms with Crippen LogP contribution in [0.3, 0.4) is 0 Å². The average molecular weight is 551 g/mol. The molecule has 41 heavy (non-hydrogen) atoms. The van der Waals surface area contributed by atoms with E-state index < -0.39 is 11.6 Å². The molecule has 8 nitrogen and oxygen atoms in total. The van der Waals surface area contributed by atoms with Gasteiger partial charge >= 0.3 is 0 Å². The fourth-order valence-electron chi connectivity index (χ4n) is 5.04.